The molecule has 0 aliphatic heterocycles. The van der Waals surface area contributed by atoms with Crippen molar-refractivity contribution in [3.63, 3.8) is 0 Å². The number of anilines is 2. The van der Waals surface area contributed by atoms with E-state index in [0.29, 0.717) is 0 Å². The Balaban J connectivity index is 2.45. The minimum atomic E-state index is -4.09. The van der Waals surface area contributed by atoms with Crippen LogP contribution in [-0.4, -0.2) is 18.4 Å². The molecule has 0 spiro atoms. The van der Waals surface area contributed by atoms with Gasteiger partial charge in [-0.25, -0.2) is 13.8 Å². The quantitative estimate of drug-likeness (QED) is 0.729. The third-order valence-electron chi connectivity index (χ3n) is 2.13. The third kappa shape index (κ3) is 2.12. The lowest BCUT2D eigenvalue weighted by Crippen LogP contribution is -2.16. The molecule has 2 aromatic rings. The van der Waals surface area contributed by atoms with E-state index >= 15 is 0 Å². The normalized spacial score (nSPS) is 11.4. The SMILES string of the molecule is Nc1ccc(F)c(F)c1NS(=O)(=O)c1cnc[nH]1. The Labute approximate surface area is 101 Å². The lowest BCUT2D eigenvalue weighted by Gasteiger charge is -2.10. The molecule has 0 radical (unpaired) electrons. The zero-order valence-corrected chi connectivity index (χ0v) is 9.63. The zero-order chi connectivity index (χ0) is 13.3. The summed E-state index contributed by atoms with van der Waals surface area (Å²) >= 11 is 0. The number of nitrogens with two attached hydrogens (primary N) is 1. The summed E-state index contributed by atoms with van der Waals surface area (Å²) in [5.41, 5.74) is 4.53. The molecule has 0 aliphatic rings. The highest BCUT2D eigenvalue weighted by Crippen LogP contribution is 2.26. The first kappa shape index (κ1) is 12.3. The van der Waals surface area contributed by atoms with Gasteiger partial charge in [0.25, 0.3) is 10.0 Å². The van der Waals surface area contributed by atoms with Gasteiger partial charge in [-0.2, -0.15) is 8.42 Å². The largest absolute Gasteiger partial charge is 0.397 e. The molecule has 0 atom stereocenters. The molecule has 0 saturated heterocycles. The number of aromatic nitrogens is 2. The Morgan fingerprint density at radius 1 is 1.33 bits per heavy atom. The third-order valence-corrected chi connectivity index (χ3v) is 3.40. The monoisotopic (exact) mass is 274 g/mol. The maximum Gasteiger partial charge on any atom is 0.279 e. The average molecular weight is 274 g/mol. The maximum absolute atomic E-state index is 13.4. The molecule has 0 amide bonds. The van der Waals surface area contributed by atoms with E-state index in [1.165, 1.54) is 0 Å². The van der Waals surface area contributed by atoms with Gasteiger partial charge in [0.1, 0.15) is 5.69 Å². The molecule has 9 heteroatoms. The van der Waals surface area contributed by atoms with Crippen molar-refractivity contribution in [2.75, 3.05) is 10.5 Å². The number of nitrogen functional groups attached to an aromatic ring is 1. The van der Waals surface area contributed by atoms with Crippen LogP contribution in [0.1, 0.15) is 0 Å². The summed E-state index contributed by atoms with van der Waals surface area (Å²) in [6.45, 7) is 0. The Kier molecular flexibility index (Phi) is 2.91. The van der Waals surface area contributed by atoms with Gasteiger partial charge in [0, 0.05) is 0 Å². The predicted octanol–water partition coefficient (Wildman–Crippen LogP) is 1.07. The van der Waals surface area contributed by atoms with Crippen molar-refractivity contribution in [1.82, 2.24) is 9.97 Å². The molecule has 1 aromatic heterocycles. The second-order valence-corrected chi connectivity index (χ2v) is 5.00. The lowest BCUT2D eigenvalue weighted by molar-refractivity contribution is 0.512. The van der Waals surface area contributed by atoms with Crippen LogP contribution >= 0.6 is 0 Å². The number of halogens is 2. The Bertz CT molecular complexity index is 670. The standard InChI is InChI=1S/C9H8F2N4O2S/c10-5-1-2-6(12)9(8(5)11)15-18(16,17)7-3-13-4-14-7/h1-4,15H,12H2,(H,13,14). The van der Waals surface area contributed by atoms with Gasteiger partial charge in [-0.05, 0) is 12.1 Å². The summed E-state index contributed by atoms with van der Waals surface area (Å²) in [6, 6.07) is 1.86. The number of imidazole rings is 1. The molecule has 6 nitrogen and oxygen atoms in total. The summed E-state index contributed by atoms with van der Waals surface area (Å²) in [6.07, 6.45) is 2.16. The van der Waals surface area contributed by atoms with Gasteiger partial charge in [0.05, 0.1) is 18.2 Å². The van der Waals surface area contributed by atoms with Crippen molar-refractivity contribution in [2.45, 2.75) is 5.03 Å². The van der Waals surface area contributed by atoms with Crippen LogP contribution in [0.3, 0.4) is 0 Å². The highest BCUT2D eigenvalue weighted by Gasteiger charge is 2.21. The van der Waals surface area contributed by atoms with Gasteiger partial charge >= 0.3 is 0 Å². The lowest BCUT2D eigenvalue weighted by atomic mass is 10.2. The first-order valence-electron chi connectivity index (χ1n) is 4.66. The van der Waals surface area contributed by atoms with Crippen LogP contribution in [0.2, 0.25) is 0 Å². The van der Waals surface area contributed by atoms with Crippen molar-refractivity contribution in [3.8, 4) is 0 Å². The van der Waals surface area contributed by atoms with Crippen molar-refractivity contribution in [3.05, 3.63) is 36.3 Å². The smallest absolute Gasteiger partial charge is 0.279 e. The fraction of sp³-hybridized carbons (Fsp3) is 0. The first-order chi connectivity index (χ1) is 8.42. The molecule has 0 fully saturated rings. The van der Waals surface area contributed by atoms with Crippen LogP contribution in [0.4, 0.5) is 20.2 Å². The van der Waals surface area contributed by atoms with Gasteiger partial charge in [-0.1, -0.05) is 0 Å². The summed E-state index contributed by atoms with van der Waals surface area (Å²) in [4.78, 5) is 5.85. The van der Waals surface area contributed by atoms with E-state index in [9.17, 15) is 17.2 Å². The first-order valence-corrected chi connectivity index (χ1v) is 6.15. The van der Waals surface area contributed by atoms with E-state index in [1.54, 1.807) is 0 Å². The predicted molar refractivity (Wildman–Crippen MR) is 60.2 cm³/mol. The van der Waals surface area contributed by atoms with Gasteiger partial charge in [0.15, 0.2) is 16.7 Å². The summed E-state index contributed by atoms with van der Waals surface area (Å²) in [5.74, 6) is -2.57. The Morgan fingerprint density at radius 3 is 2.67 bits per heavy atom. The zero-order valence-electron chi connectivity index (χ0n) is 8.81. The van der Waals surface area contributed by atoms with Crippen molar-refractivity contribution in [1.29, 1.82) is 0 Å². The van der Waals surface area contributed by atoms with Crippen LogP contribution in [0.15, 0.2) is 29.7 Å². The molecule has 0 aliphatic carbocycles. The van der Waals surface area contributed by atoms with Crippen LogP contribution in [-0.2, 0) is 10.0 Å². The van der Waals surface area contributed by atoms with E-state index in [0.717, 1.165) is 24.7 Å². The summed E-state index contributed by atoms with van der Waals surface area (Å²) in [7, 11) is -4.09. The Hall–Kier alpha value is -2.16. The van der Waals surface area contributed by atoms with Crippen molar-refractivity contribution < 1.29 is 17.2 Å². The van der Waals surface area contributed by atoms with E-state index in [4.69, 9.17) is 5.73 Å². The van der Waals surface area contributed by atoms with Crippen LogP contribution in [0, 0.1) is 11.6 Å². The van der Waals surface area contributed by atoms with Gasteiger partial charge in [-0.15, -0.1) is 0 Å². The molecule has 0 saturated carbocycles. The molecule has 4 N–H and O–H groups in total. The maximum atomic E-state index is 13.4. The number of benzene rings is 1. The van der Waals surface area contributed by atoms with Crippen LogP contribution in [0.25, 0.3) is 0 Å². The molecule has 0 bridgehead atoms. The highest BCUT2D eigenvalue weighted by atomic mass is 32.2. The topological polar surface area (TPSA) is 101 Å². The fourth-order valence-corrected chi connectivity index (χ4v) is 2.24. The molecule has 1 aromatic carbocycles. The number of hydrogen-bond donors (Lipinski definition) is 3. The van der Waals surface area contributed by atoms with Crippen LogP contribution in [0.5, 0.6) is 0 Å². The molecular formula is C9H8F2N4O2S. The van der Waals surface area contributed by atoms with Gasteiger partial charge in [-0.3, -0.25) is 4.72 Å². The van der Waals surface area contributed by atoms with Gasteiger partial charge < -0.3 is 10.7 Å². The minimum Gasteiger partial charge on any atom is -0.397 e. The van der Waals surface area contributed by atoms with E-state index < -0.39 is 27.3 Å². The molecular weight excluding hydrogens is 266 g/mol. The average Bonchev–Trinajstić information content (AvgIpc) is 2.84. The number of nitrogens with zero attached hydrogens (tertiary/aromatic N) is 1. The number of sulfonamides is 1. The number of hydrogen-bond acceptors (Lipinski definition) is 4. The molecule has 96 valence electrons. The highest BCUT2D eigenvalue weighted by molar-refractivity contribution is 7.92. The molecule has 18 heavy (non-hydrogen) atoms. The minimum absolute atomic E-state index is 0.225. The number of aromatic amines is 1. The summed E-state index contributed by atoms with van der Waals surface area (Å²) in [5, 5.41) is -0.287. The van der Waals surface area contributed by atoms with E-state index in [1.807, 2.05) is 4.72 Å². The van der Waals surface area contributed by atoms with E-state index in [2.05, 4.69) is 9.97 Å². The van der Waals surface area contributed by atoms with Crippen LogP contribution < -0.4 is 10.5 Å². The van der Waals surface area contributed by atoms with E-state index in [-0.39, 0.29) is 10.7 Å². The summed E-state index contributed by atoms with van der Waals surface area (Å²) < 4.78 is 51.8. The van der Waals surface area contributed by atoms with Crippen molar-refractivity contribution >= 4 is 21.4 Å². The van der Waals surface area contributed by atoms with Crippen molar-refractivity contribution in [2.24, 2.45) is 0 Å². The Morgan fingerprint density at radius 2 is 2.06 bits per heavy atom. The fourth-order valence-electron chi connectivity index (χ4n) is 1.25. The number of nitrogens with one attached hydrogen (secondary N) is 2. The number of H-pyrrole nitrogens is 1. The molecule has 2 rings (SSSR count). The molecule has 1 heterocycles. The number of rotatable bonds is 3. The van der Waals surface area contributed by atoms with Gasteiger partial charge in [0.2, 0.25) is 0 Å². The second kappa shape index (κ2) is 4.26. The molecule has 0 unspecified atom stereocenters. The second-order valence-electron chi connectivity index (χ2n) is 3.35.